The van der Waals surface area contributed by atoms with Crippen LogP contribution in [-0.2, 0) is 0 Å². The lowest BCUT2D eigenvalue weighted by Crippen LogP contribution is -2.51. The standard InChI is InChI=1S/C27H47NO2/c1-17(16-28)5-10-25(30)18(2)22-8-9-23-21-7-6-19-15-20(29)11-13-26(19,3)24(21)12-14-27(22,23)4/h6,17-18,20-25,29-30H,5,7-16,28H2,1-4H3/t17?,18-,20?,21-,22+,23-,24-,25?,26-,27+/m0/s1. The fourth-order valence-electron chi connectivity index (χ4n) is 8.65. The highest BCUT2D eigenvalue weighted by Crippen LogP contribution is 2.67. The molecule has 0 aliphatic heterocycles. The van der Waals surface area contributed by atoms with E-state index in [2.05, 4.69) is 33.8 Å². The van der Waals surface area contributed by atoms with E-state index in [0.717, 1.165) is 50.0 Å². The molecule has 10 atom stereocenters. The van der Waals surface area contributed by atoms with Crippen molar-refractivity contribution in [2.24, 2.45) is 52.1 Å². The molecule has 4 N–H and O–H groups in total. The molecule has 4 rings (SSSR count). The number of fused-ring (bicyclic) bond motifs is 5. The molecule has 0 aromatic carbocycles. The molecule has 3 fully saturated rings. The first-order valence-electron chi connectivity index (χ1n) is 13.0. The molecule has 0 radical (unpaired) electrons. The number of aliphatic hydroxyl groups excluding tert-OH is 2. The summed E-state index contributed by atoms with van der Waals surface area (Å²) in [4.78, 5) is 0. The topological polar surface area (TPSA) is 66.5 Å². The van der Waals surface area contributed by atoms with Crippen molar-refractivity contribution >= 4 is 0 Å². The van der Waals surface area contributed by atoms with Crippen LogP contribution in [-0.4, -0.2) is 29.0 Å². The van der Waals surface area contributed by atoms with E-state index in [1.807, 2.05) is 0 Å². The molecule has 0 aromatic rings. The van der Waals surface area contributed by atoms with Gasteiger partial charge in [0.2, 0.25) is 0 Å². The summed E-state index contributed by atoms with van der Waals surface area (Å²) in [6.07, 6.45) is 13.8. The Bertz CT molecular complexity index is 647. The smallest absolute Gasteiger partial charge is 0.0577 e. The monoisotopic (exact) mass is 417 g/mol. The van der Waals surface area contributed by atoms with Crippen molar-refractivity contribution < 1.29 is 10.2 Å². The Kier molecular flexibility index (Phi) is 6.48. The largest absolute Gasteiger partial charge is 0.393 e. The predicted molar refractivity (Wildman–Crippen MR) is 124 cm³/mol. The number of allylic oxidation sites excluding steroid dienone is 1. The minimum Gasteiger partial charge on any atom is -0.393 e. The van der Waals surface area contributed by atoms with Crippen LogP contribution < -0.4 is 5.73 Å². The molecule has 0 heterocycles. The highest BCUT2D eigenvalue weighted by Gasteiger charge is 2.59. The average molecular weight is 418 g/mol. The summed E-state index contributed by atoms with van der Waals surface area (Å²) in [6.45, 7) is 10.3. The van der Waals surface area contributed by atoms with Gasteiger partial charge < -0.3 is 15.9 Å². The Hall–Kier alpha value is -0.380. The van der Waals surface area contributed by atoms with Gasteiger partial charge in [0, 0.05) is 0 Å². The lowest BCUT2D eigenvalue weighted by atomic mass is 9.47. The number of nitrogens with two attached hydrogens (primary N) is 1. The van der Waals surface area contributed by atoms with Gasteiger partial charge in [0.05, 0.1) is 12.2 Å². The number of hydrogen-bond acceptors (Lipinski definition) is 3. The van der Waals surface area contributed by atoms with Crippen molar-refractivity contribution in [3.63, 3.8) is 0 Å². The van der Waals surface area contributed by atoms with Gasteiger partial charge in [0.25, 0.3) is 0 Å². The maximum Gasteiger partial charge on any atom is 0.0577 e. The predicted octanol–water partition coefficient (Wildman–Crippen LogP) is 5.30. The SMILES string of the molecule is CC(CN)CCC(O)[C@@H](C)[C@H]1CC[C@H]2[C@@H]3CC=C4CC(O)CC[C@]4(C)[C@H]3CC[C@]12C. The van der Waals surface area contributed by atoms with Crippen LogP contribution in [0.1, 0.15) is 91.9 Å². The van der Waals surface area contributed by atoms with E-state index in [-0.39, 0.29) is 12.2 Å². The second-order valence-corrected chi connectivity index (χ2v) is 12.2. The maximum absolute atomic E-state index is 11.0. The van der Waals surface area contributed by atoms with Gasteiger partial charge in [-0.1, -0.05) is 39.3 Å². The zero-order valence-corrected chi connectivity index (χ0v) is 19.9. The molecule has 0 saturated heterocycles. The first-order chi connectivity index (χ1) is 14.2. The Morgan fingerprint density at radius 1 is 1.07 bits per heavy atom. The zero-order chi connectivity index (χ0) is 21.7. The van der Waals surface area contributed by atoms with E-state index in [1.54, 1.807) is 5.57 Å². The van der Waals surface area contributed by atoms with Crippen LogP contribution in [0.2, 0.25) is 0 Å². The number of aliphatic hydroxyl groups is 2. The van der Waals surface area contributed by atoms with Crippen LogP contribution in [0.15, 0.2) is 11.6 Å². The second kappa shape index (κ2) is 8.52. The molecule has 4 aliphatic rings. The fraction of sp³-hybridized carbons (Fsp3) is 0.926. The summed E-state index contributed by atoms with van der Waals surface area (Å²) >= 11 is 0. The third-order valence-corrected chi connectivity index (χ3v) is 10.8. The third-order valence-electron chi connectivity index (χ3n) is 10.8. The van der Waals surface area contributed by atoms with E-state index in [1.165, 1.54) is 38.5 Å². The molecule has 3 unspecified atom stereocenters. The van der Waals surface area contributed by atoms with E-state index >= 15 is 0 Å². The molecule has 0 bridgehead atoms. The first-order valence-corrected chi connectivity index (χ1v) is 13.0. The van der Waals surface area contributed by atoms with Gasteiger partial charge in [-0.15, -0.1) is 0 Å². The average Bonchev–Trinajstić information content (AvgIpc) is 3.08. The summed E-state index contributed by atoms with van der Waals surface area (Å²) in [6, 6.07) is 0. The first kappa shape index (κ1) is 22.8. The van der Waals surface area contributed by atoms with Crippen LogP contribution in [0.4, 0.5) is 0 Å². The normalized spacial score (nSPS) is 46.2. The molecule has 3 nitrogen and oxygen atoms in total. The van der Waals surface area contributed by atoms with Crippen LogP contribution in [0.5, 0.6) is 0 Å². The molecular weight excluding hydrogens is 370 g/mol. The highest BCUT2D eigenvalue weighted by molar-refractivity contribution is 5.25. The Morgan fingerprint density at radius 3 is 2.57 bits per heavy atom. The number of rotatable bonds is 6. The van der Waals surface area contributed by atoms with Crippen molar-refractivity contribution in [3.05, 3.63) is 11.6 Å². The minimum absolute atomic E-state index is 0.116. The fourth-order valence-corrected chi connectivity index (χ4v) is 8.65. The van der Waals surface area contributed by atoms with Crippen molar-refractivity contribution in [1.29, 1.82) is 0 Å². The minimum atomic E-state index is -0.187. The van der Waals surface area contributed by atoms with Gasteiger partial charge in [-0.3, -0.25) is 0 Å². The molecule has 3 heteroatoms. The van der Waals surface area contributed by atoms with Gasteiger partial charge in [-0.05, 0) is 117 Å². The maximum atomic E-state index is 11.0. The summed E-state index contributed by atoms with van der Waals surface area (Å²) in [5, 5.41) is 21.2. The highest BCUT2D eigenvalue weighted by atomic mass is 16.3. The second-order valence-electron chi connectivity index (χ2n) is 12.2. The van der Waals surface area contributed by atoms with Gasteiger partial charge >= 0.3 is 0 Å². The summed E-state index contributed by atoms with van der Waals surface area (Å²) in [5.74, 6) is 3.95. The van der Waals surface area contributed by atoms with Crippen LogP contribution >= 0.6 is 0 Å². The molecule has 0 spiro atoms. The van der Waals surface area contributed by atoms with Crippen molar-refractivity contribution in [2.45, 2.75) is 104 Å². The third kappa shape index (κ3) is 3.71. The van der Waals surface area contributed by atoms with E-state index in [4.69, 9.17) is 5.73 Å². The molecule has 0 amide bonds. The summed E-state index contributed by atoms with van der Waals surface area (Å²) < 4.78 is 0. The molecule has 172 valence electrons. The molecule has 3 saturated carbocycles. The quantitative estimate of drug-likeness (QED) is 0.514. The van der Waals surface area contributed by atoms with Crippen molar-refractivity contribution in [3.8, 4) is 0 Å². The van der Waals surface area contributed by atoms with Crippen molar-refractivity contribution in [1.82, 2.24) is 0 Å². The Balaban J connectivity index is 1.49. The van der Waals surface area contributed by atoms with Gasteiger partial charge in [-0.25, -0.2) is 0 Å². The molecule has 4 aliphatic carbocycles. The van der Waals surface area contributed by atoms with Gasteiger partial charge in [0.15, 0.2) is 0 Å². The van der Waals surface area contributed by atoms with Crippen LogP contribution in [0.25, 0.3) is 0 Å². The van der Waals surface area contributed by atoms with E-state index in [9.17, 15) is 10.2 Å². The van der Waals surface area contributed by atoms with Crippen LogP contribution in [0.3, 0.4) is 0 Å². The molecule has 30 heavy (non-hydrogen) atoms. The number of hydrogen-bond donors (Lipinski definition) is 3. The van der Waals surface area contributed by atoms with Crippen molar-refractivity contribution in [2.75, 3.05) is 6.54 Å². The van der Waals surface area contributed by atoms with E-state index < -0.39 is 0 Å². The summed E-state index contributed by atoms with van der Waals surface area (Å²) in [5.41, 5.74) is 8.07. The van der Waals surface area contributed by atoms with Crippen LogP contribution in [0, 0.1) is 46.3 Å². The lowest BCUT2D eigenvalue weighted by Gasteiger charge is -2.58. The zero-order valence-electron chi connectivity index (χ0n) is 19.9. The van der Waals surface area contributed by atoms with E-state index in [0.29, 0.717) is 28.6 Å². The summed E-state index contributed by atoms with van der Waals surface area (Å²) in [7, 11) is 0. The molecular formula is C27H47NO2. The Morgan fingerprint density at radius 2 is 1.83 bits per heavy atom. The lowest BCUT2D eigenvalue weighted by molar-refractivity contribution is -0.0681. The Labute approximate surface area is 184 Å². The molecule has 0 aromatic heterocycles. The van der Waals surface area contributed by atoms with Gasteiger partial charge in [-0.2, -0.15) is 0 Å². The van der Waals surface area contributed by atoms with Gasteiger partial charge in [0.1, 0.15) is 0 Å².